The minimum absolute atomic E-state index is 0.0151. The molecular weight excluding hydrogens is 438 g/mol. The highest BCUT2D eigenvalue weighted by atomic mass is 32.1. The van der Waals surface area contributed by atoms with E-state index in [2.05, 4.69) is 16.8 Å². The maximum absolute atomic E-state index is 13.2. The van der Waals surface area contributed by atoms with E-state index in [-0.39, 0.29) is 11.3 Å². The lowest BCUT2D eigenvalue weighted by Gasteiger charge is -2.23. The number of carbonyl (C=O) groups is 2. The molecule has 1 aliphatic rings. The first-order valence-electron chi connectivity index (χ1n) is 10.3. The molecular formula is C25H23N3O4S. The zero-order chi connectivity index (χ0) is 23.7. The summed E-state index contributed by atoms with van der Waals surface area (Å²) in [5.41, 5.74) is 2.89. The van der Waals surface area contributed by atoms with Crippen LogP contribution in [0.15, 0.2) is 60.7 Å². The van der Waals surface area contributed by atoms with Crippen LogP contribution in [0.2, 0.25) is 0 Å². The number of anilines is 1. The Morgan fingerprint density at radius 1 is 1.15 bits per heavy atom. The van der Waals surface area contributed by atoms with Gasteiger partial charge in [-0.25, -0.2) is 0 Å². The predicted molar refractivity (Wildman–Crippen MR) is 127 cm³/mol. The zero-order valence-electron chi connectivity index (χ0n) is 18.5. The zero-order valence-corrected chi connectivity index (χ0v) is 19.3. The lowest BCUT2D eigenvalue weighted by Crippen LogP contribution is -2.29. The number of aliphatic hydroxyl groups excluding tert-OH is 1. The van der Waals surface area contributed by atoms with E-state index in [1.54, 1.807) is 43.3 Å². The van der Waals surface area contributed by atoms with Crippen molar-refractivity contribution in [3.05, 3.63) is 88.0 Å². The molecule has 3 aromatic rings. The van der Waals surface area contributed by atoms with E-state index in [1.165, 1.54) is 16.2 Å². The van der Waals surface area contributed by atoms with Gasteiger partial charge in [-0.15, -0.1) is 10.2 Å². The minimum atomic E-state index is -0.856. The van der Waals surface area contributed by atoms with E-state index >= 15 is 0 Å². The van der Waals surface area contributed by atoms with Crippen molar-refractivity contribution in [1.29, 1.82) is 0 Å². The maximum atomic E-state index is 13.2. The number of hydrogen-bond acceptors (Lipinski definition) is 7. The normalized spacial score (nSPS) is 17.4. The number of ether oxygens (including phenoxy) is 1. The number of hydrogen-bond donors (Lipinski definition) is 1. The fraction of sp³-hybridized carbons (Fsp3) is 0.200. The van der Waals surface area contributed by atoms with Crippen LogP contribution < -0.4 is 9.64 Å². The summed E-state index contributed by atoms with van der Waals surface area (Å²) in [6, 6.07) is 11.8. The van der Waals surface area contributed by atoms with Crippen molar-refractivity contribution in [2.75, 3.05) is 11.5 Å². The monoisotopic (exact) mass is 461 g/mol. The highest BCUT2D eigenvalue weighted by Gasteiger charge is 2.48. The highest BCUT2D eigenvalue weighted by molar-refractivity contribution is 7.15. The van der Waals surface area contributed by atoms with E-state index < -0.39 is 17.7 Å². The Morgan fingerprint density at radius 3 is 2.52 bits per heavy atom. The van der Waals surface area contributed by atoms with Gasteiger partial charge in [-0.05, 0) is 50.1 Å². The van der Waals surface area contributed by atoms with Gasteiger partial charge in [-0.1, -0.05) is 53.8 Å². The summed E-state index contributed by atoms with van der Waals surface area (Å²) < 4.78 is 5.56. The number of Topliss-reactive ketones (excluding diaryl/α,β-unsaturated/α-hetero) is 1. The average molecular weight is 462 g/mol. The third kappa shape index (κ3) is 4.17. The van der Waals surface area contributed by atoms with Crippen LogP contribution in [0.3, 0.4) is 0 Å². The summed E-state index contributed by atoms with van der Waals surface area (Å²) in [5.74, 6) is -1.11. The summed E-state index contributed by atoms with van der Waals surface area (Å²) in [7, 11) is 0. The molecule has 1 saturated heterocycles. The van der Waals surface area contributed by atoms with Crippen molar-refractivity contribution in [3.8, 4) is 5.75 Å². The largest absolute Gasteiger partial charge is 0.507 e. The Kier molecular flexibility index (Phi) is 6.11. The topological polar surface area (TPSA) is 92.6 Å². The van der Waals surface area contributed by atoms with Crippen molar-refractivity contribution in [2.45, 2.75) is 26.8 Å². The minimum Gasteiger partial charge on any atom is -0.507 e. The molecule has 1 atom stereocenters. The third-order valence-electron chi connectivity index (χ3n) is 5.38. The van der Waals surface area contributed by atoms with E-state index in [1.807, 2.05) is 26.0 Å². The Morgan fingerprint density at radius 2 is 1.88 bits per heavy atom. The van der Waals surface area contributed by atoms with Gasteiger partial charge in [0.2, 0.25) is 5.13 Å². The van der Waals surface area contributed by atoms with Crippen molar-refractivity contribution in [1.82, 2.24) is 10.2 Å². The Hall–Kier alpha value is -3.78. The number of carbonyl (C=O) groups excluding carboxylic acids is 2. The smallest absolute Gasteiger partial charge is 0.301 e. The van der Waals surface area contributed by atoms with Gasteiger partial charge in [0.1, 0.15) is 23.1 Å². The molecule has 2 heterocycles. The van der Waals surface area contributed by atoms with Gasteiger partial charge in [0.25, 0.3) is 5.78 Å². The first kappa shape index (κ1) is 22.4. The van der Waals surface area contributed by atoms with Crippen LogP contribution in [0.5, 0.6) is 5.75 Å². The van der Waals surface area contributed by atoms with Gasteiger partial charge < -0.3 is 9.84 Å². The molecule has 0 spiro atoms. The van der Waals surface area contributed by atoms with Crippen LogP contribution in [0.1, 0.15) is 33.3 Å². The molecule has 1 aliphatic heterocycles. The molecule has 1 aromatic heterocycles. The first-order chi connectivity index (χ1) is 15.8. The van der Waals surface area contributed by atoms with Crippen molar-refractivity contribution < 1.29 is 19.4 Å². The van der Waals surface area contributed by atoms with Crippen LogP contribution in [-0.2, 0) is 9.59 Å². The molecule has 33 heavy (non-hydrogen) atoms. The number of benzene rings is 2. The Bertz CT molecular complexity index is 1280. The molecule has 0 saturated carbocycles. The SMILES string of the molecule is C=CCOc1ccc(C2C(=C(O)c3cc(C)ccc3C)C(=O)C(=O)N2c2nnc(C)s2)cc1. The second kappa shape index (κ2) is 8.99. The van der Waals surface area contributed by atoms with E-state index in [4.69, 9.17) is 4.74 Å². The molecule has 1 amide bonds. The molecule has 0 aliphatic carbocycles. The second-order valence-electron chi connectivity index (χ2n) is 7.76. The van der Waals surface area contributed by atoms with Crippen molar-refractivity contribution >= 4 is 33.9 Å². The third-order valence-corrected chi connectivity index (χ3v) is 6.22. The fourth-order valence-electron chi connectivity index (χ4n) is 3.77. The standard InChI is InChI=1S/C25H23N3O4S/c1-5-12-32-18-10-8-17(9-11-18)21-20(22(29)19-13-14(2)6-7-15(19)3)23(30)24(31)28(21)25-27-26-16(4)33-25/h5-11,13,21,29H,1,12H2,2-4H3. The summed E-state index contributed by atoms with van der Waals surface area (Å²) >= 11 is 1.21. The Labute approximate surface area is 195 Å². The quantitative estimate of drug-likeness (QED) is 0.249. The molecule has 2 aromatic carbocycles. The summed E-state index contributed by atoms with van der Waals surface area (Å²) in [6.45, 7) is 9.51. The van der Waals surface area contributed by atoms with E-state index in [9.17, 15) is 14.7 Å². The molecule has 1 unspecified atom stereocenters. The second-order valence-corrected chi connectivity index (χ2v) is 8.92. The van der Waals surface area contributed by atoms with Gasteiger partial charge >= 0.3 is 5.91 Å². The fourth-order valence-corrected chi connectivity index (χ4v) is 4.48. The first-order valence-corrected chi connectivity index (χ1v) is 11.2. The van der Waals surface area contributed by atoms with Crippen LogP contribution >= 0.6 is 11.3 Å². The lowest BCUT2D eigenvalue weighted by molar-refractivity contribution is -0.132. The molecule has 168 valence electrons. The summed E-state index contributed by atoms with van der Waals surface area (Å²) in [6.07, 6.45) is 1.64. The summed E-state index contributed by atoms with van der Waals surface area (Å²) in [4.78, 5) is 27.7. The Balaban J connectivity index is 1.90. The van der Waals surface area contributed by atoms with Gasteiger partial charge in [0.15, 0.2) is 0 Å². The number of amides is 1. The van der Waals surface area contributed by atoms with Gasteiger partial charge in [-0.3, -0.25) is 14.5 Å². The molecule has 0 radical (unpaired) electrons. The number of ketones is 1. The number of aliphatic hydroxyl groups is 1. The van der Waals surface area contributed by atoms with E-state index in [0.29, 0.717) is 33.6 Å². The molecule has 1 fully saturated rings. The van der Waals surface area contributed by atoms with Crippen LogP contribution in [-0.4, -0.2) is 33.6 Å². The molecule has 1 N–H and O–H groups in total. The molecule has 4 rings (SSSR count). The van der Waals surface area contributed by atoms with Crippen LogP contribution in [0.4, 0.5) is 5.13 Å². The average Bonchev–Trinajstić information content (AvgIpc) is 3.34. The van der Waals surface area contributed by atoms with Crippen molar-refractivity contribution in [3.63, 3.8) is 0 Å². The van der Waals surface area contributed by atoms with Gasteiger partial charge in [0, 0.05) is 5.56 Å². The summed E-state index contributed by atoms with van der Waals surface area (Å²) in [5, 5.41) is 20.4. The van der Waals surface area contributed by atoms with Crippen molar-refractivity contribution in [2.24, 2.45) is 0 Å². The number of nitrogens with zero attached hydrogens (tertiary/aromatic N) is 3. The maximum Gasteiger partial charge on any atom is 0.301 e. The number of aromatic nitrogens is 2. The van der Waals surface area contributed by atoms with Gasteiger partial charge in [0.05, 0.1) is 11.6 Å². The molecule has 8 heteroatoms. The van der Waals surface area contributed by atoms with Crippen LogP contribution in [0, 0.1) is 20.8 Å². The van der Waals surface area contributed by atoms with E-state index in [0.717, 1.165) is 11.1 Å². The predicted octanol–water partition coefficient (Wildman–Crippen LogP) is 4.65. The molecule has 0 bridgehead atoms. The molecule has 7 nitrogen and oxygen atoms in total. The number of aryl methyl sites for hydroxylation is 3. The van der Waals surface area contributed by atoms with Crippen LogP contribution in [0.25, 0.3) is 5.76 Å². The highest BCUT2D eigenvalue weighted by Crippen LogP contribution is 2.43. The number of rotatable bonds is 6. The lowest BCUT2D eigenvalue weighted by atomic mass is 9.93. The van der Waals surface area contributed by atoms with Gasteiger partial charge in [-0.2, -0.15) is 0 Å².